The lowest BCUT2D eigenvalue weighted by Gasteiger charge is -2.10. The van der Waals surface area contributed by atoms with Gasteiger partial charge in [-0.05, 0) is 45.2 Å². The Morgan fingerprint density at radius 2 is 2.07 bits per heavy atom. The van der Waals surface area contributed by atoms with Crippen LogP contribution in [0.25, 0.3) is 0 Å². The fourth-order valence-electron chi connectivity index (χ4n) is 1.55. The molecule has 84 valence electrons. The van der Waals surface area contributed by atoms with Gasteiger partial charge in [0.05, 0.1) is 6.61 Å². The third kappa shape index (κ3) is 4.34. The van der Waals surface area contributed by atoms with E-state index in [1.807, 2.05) is 13.0 Å². The number of hydrogen-bond donors (Lipinski definition) is 1. The Balaban J connectivity index is 2.37. The van der Waals surface area contributed by atoms with Crippen LogP contribution in [0.4, 0.5) is 0 Å². The molecule has 0 saturated heterocycles. The van der Waals surface area contributed by atoms with E-state index in [2.05, 4.69) is 26.0 Å². The van der Waals surface area contributed by atoms with Gasteiger partial charge in [-0.15, -0.1) is 0 Å². The highest BCUT2D eigenvalue weighted by Gasteiger charge is 2.00. The van der Waals surface area contributed by atoms with Crippen molar-refractivity contribution >= 4 is 0 Å². The zero-order valence-corrected chi connectivity index (χ0v) is 9.92. The molecule has 1 unspecified atom stereocenters. The monoisotopic (exact) mass is 207 g/mol. The molecule has 2 heteroatoms. The molecule has 1 aromatic carbocycles. The molecule has 2 nitrogen and oxygen atoms in total. The number of hydrogen-bond acceptors (Lipinski definition) is 2. The molecule has 0 aliphatic carbocycles. The molecule has 0 aliphatic heterocycles. The third-order valence-electron chi connectivity index (χ3n) is 2.39. The lowest BCUT2D eigenvalue weighted by Crippen LogP contribution is -2.15. The van der Waals surface area contributed by atoms with E-state index in [0.29, 0.717) is 0 Å². The Kier molecular flexibility index (Phi) is 4.63. The molecule has 0 saturated carbocycles. The average molecular weight is 207 g/mol. The summed E-state index contributed by atoms with van der Waals surface area (Å²) in [6, 6.07) is 6.53. The second-order valence-corrected chi connectivity index (χ2v) is 4.24. The van der Waals surface area contributed by atoms with Gasteiger partial charge in [0.25, 0.3) is 0 Å². The second-order valence-electron chi connectivity index (χ2n) is 4.24. The quantitative estimate of drug-likeness (QED) is 0.753. The van der Waals surface area contributed by atoms with E-state index in [-0.39, 0.29) is 6.04 Å². The number of benzene rings is 1. The summed E-state index contributed by atoms with van der Waals surface area (Å²) in [7, 11) is 0. The Morgan fingerprint density at radius 3 is 2.67 bits per heavy atom. The minimum absolute atomic E-state index is 0.271. The van der Waals surface area contributed by atoms with Crippen LogP contribution in [0.5, 0.6) is 5.75 Å². The highest BCUT2D eigenvalue weighted by atomic mass is 16.5. The minimum Gasteiger partial charge on any atom is -0.493 e. The lowest BCUT2D eigenvalue weighted by molar-refractivity contribution is 0.301. The molecular weight excluding hydrogens is 186 g/mol. The van der Waals surface area contributed by atoms with Crippen molar-refractivity contribution < 1.29 is 4.74 Å². The molecule has 0 spiro atoms. The summed E-state index contributed by atoms with van der Waals surface area (Å²) in [4.78, 5) is 0. The molecule has 1 atom stereocenters. The number of ether oxygens (including phenoxy) is 1. The summed E-state index contributed by atoms with van der Waals surface area (Å²) in [6.45, 7) is 6.95. The van der Waals surface area contributed by atoms with E-state index in [4.69, 9.17) is 10.5 Å². The van der Waals surface area contributed by atoms with Crippen molar-refractivity contribution in [2.45, 2.75) is 39.7 Å². The van der Waals surface area contributed by atoms with E-state index in [9.17, 15) is 0 Å². The standard InChI is InChI=1S/C13H21NO/c1-10-6-7-13(11(2)9-10)15-8-4-5-12(3)14/h6-7,9,12H,4-5,8,14H2,1-3H3. The van der Waals surface area contributed by atoms with Crippen LogP contribution in [0.2, 0.25) is 0 Å². The number of nitrogens with two attached hydrogens (primary N) is 1. The van der Waals surface area contributed by atoms with Crippen molar-refractivity contribution in [3.8, 4) is 5.75 Å². The summed E-state index contributed by atoms with van der Waals surface area (Å²) in [5.74, 6) is 0.991. The highest BCUT2D eigenvalue weighted by Crippen LogP contribution is 2.18. The van der Waals surface area contributed by atoms with Crippen molar-refractivity contribution in [3.63, 3.8) is 0 Å². The first-order valence-electron chi connectivity index (χ1n) is 5.55. The largest absolute Gasteiger partial charge is 0.493 e. The van der Waals surface area contributed by atoms with E-state index >= 15 is 0 Å². The minimum atomic E-state index is 0.271. The van der Waals surface area contributed by atoms with Gasteiger partial charge in [-0.2, -0.15) is 0 Å². The summed E-state index contributed by atoms with van der Waals surface area (Å²) in [6.07, 6.45) is 2.04. The molecule has 0 aromatic heterocycles. The topological polar surface area (TPSA) is 35.2 Å². The lowest BCUT2D eigenvalue weighted by atomic mass is 10.1. The first-order chi connectivity index (χ1) is 7.09. The molecular formula is C13H21NO. The molecule has 0 fully saturated rings. The van der Waals surface area contributed by atoms with Gasteiger partial charge in [-0.25, -0.2) is 0 Å². The first kappa shape index (κ1) is 12.1. The van der Waals surface area contributed by atoms with E-state index in [0.717, 1.165) is 25.2 Å². The van der Waals surface area contributed by atoms with Gasteiger partial charge in [0.1, 0.15) is 5.75 Å². The number of rotatable bonds is 5. The van der Waals surface area contributed by atoms with Gasteiger partial charge < -0.3 is 10.5 Å². The smallest absolute Gasteiger partial charge is 0.122 e. The van der Waals surface area contributed by atoms with Crippen LogP contribution in [0.3, 0.4) is 0 Å². The Morgan fingerprint density at radius 1 is 1.33 bits per heavy atom. The fraction of sp³-hybridized carbons (Fsp3) is 0.538. The maximum atomic E-state index is 5.69. The van der Waals surface area contributed by atoms with Crippen LogP contribution in [0.1, 0.15) is 30.9 Å². The summed E-state index contributed by atoms with van der Waals surface area (Å²) >= 11 is 0. The zero-order valence-electron chi connectivity index (χ0n) is 9.92. The van der Waals surface area contributed by atoms with Crippen LogP contribution in [-0.4, -0.2) is 12.6 Å². The van der Waals surface area contributed by atoms with Crippen molar-refractivity contribution in [2.24, 2.45) is 5.73 Å². The van der Waals surface area contributed by atoms with Gasteiger partial charge >= 0.3 is 0 Å². The second kappa shape index (κ2) is 5.76. The molecule has 0 bridgehead atoms. The molecule has 0 aliphatic rings. The Hall–Kier alpha value is -1.02. The maximum Gasteiger partial charge on any atom is 0.122 e. The first-order valence-corrected chi connectivity index (χ1v) is 5.55. The molecule has 15 heavy (non-hydrogen) atoms. The van der Waals surface area contributed by atoms with Crippen molar-refractivity contribution in [1.29, 1.82) is 0 Å². The summed E-state index contributed by atoms with van der Waals surface area (Å²) in [5, 5.41) is 0. The van der Waals surface area contributed by atoms with Crippen LogP contribution >= 0.6 is 0 Å². The molecule has 0 heterocycles. The van der Waals surface area contributed by atoms with Gasteiger partial charge in [0, 0.05) is 6.04 Å². The highest BCUT2D eigenvalue weighted by molar-refractivity contribution is 5.35. The van der Waals surface area contributed by atoms with Crippen LogP contribution < -0.4 is 10.5 Å². The molecule has 0 amide bonds. The molecule has 1 aromatic rings. The van der Waals surface area contributed by atoms with Crippen LogP contribution in [0.15, 0.2) is 18.2 Å². The Labute approximate surface area is 92.4 Å². The van der Waals surface area contributed by atoms with Gasteiger partial charge in [0.2, 0.25) is 0 Å². The van der Waals surface area contributed by atoms with Crippen LogP contribution in [0, 0.1) is 13.8 Å². The SMILES string of the molecule is Cc1ccc(OCCCC(C)N)c(C)c1. The molecule has 1 rings (SSSR count). The zero-order chi connectivity index (χ0) is 11.3. The van der Waals surface area contributed by atoms with Gasteiger partial charge in [-0.1, -0.05) is 17.7 Å². The van der Waals surface area contributed by atoms with E-state index < -0.39 is 0 Å². The molecule has 0 radical (unpaired) electrons. The van der Waals surface area contributed by atoms with Gasteiger partial charge in [0.15, 0.2) is 0 Å². The fourth-order valence-corrected chi connectivity index (χ4v) is 1.55. The summed E-state index contributed by atoms with van der Waals surface area (Å²) < 4.78 is 5.69. The summed E-state index contributed by atoms with van der Waals surface area (Å²) in [5.41, 5.74) is 8.14. The van der Waals surface area contributed by atoms with Crippen molar-refractivity contribution in [2.75, 3.05) is 6.61 Å². The van der Waals surface area contributed by atoms with Gasteiger partial charge in [-0.3, -0.25) is 0 Å². The van der Waals surface area contributed by atoms with E-state index in [1.54, 1.807) is 0 Å². The Bertz CT molecular complexity index is 307. The normalized spacial score (nSPS) is 12.5. The van der Waals surface area contributed by atoms with Crippen molar-refractivity contribution in [3.05, 3.63) is 29.3 Å². The van der Waals surface area contributed by atoms with Crippen LogP contribution in [-0.2, 0) is 0 Å². The predicted octanol–water partition coefficient (Wildman–Crippen LogP) is 2.81. The average Bonchev–Trinajstić information content (AvgIpc) is 2.14. The molecule has 2 N–H and O–H groups in total. The third-order valence-corrected chi connectivity index (χ3v) is 2.39. The maximum absolute atomic E-state index is 5.69. The predicted molar refractivity (Wildman–Crippen MR) is 64.3 cm³/mol. The number of aryl methyl sites for hydroxylation is 2. The van der Waals surface area contributed by atoms with E-state index in [1.165, 1.54) is 11.1 Å². The van der Waals surface area contributed by atoms with Crippen molar-refractivity contribution in [1.82, 2.24) is 0 Å².